The quantitative estimate of drug-likeness (QED) is 0.623. The van der Waals surface area contributed by atoms with Crippen LogP contribution < -0.4 is 10.6 Å². The molecule has 1 saturated heterocycles. The van der Waals surface area contributed by atoms with Crippen molar-refractivity contribution >= 4 is 35.1 Å². The van der Waals surface area contributed by atoms with E-state index in [1.54, 1.807) is 0 Å². The lowest BCUT2D eigenvalue weighted by Crippen LogP contribution is -2.37. The van der Waals surface area contributed by atoms with Gasteiger partial charge in [0.25, 0.3) is 0 Å². The van der Waals surface area contributed by atoms with Crippen LogP contribution in [0.15, 0.2) is 42.5 Å². The van der Waals surface area contributed by atoms with Gasteiger partial charge >= 0.3 is 5.97 Å². The largest absolute Gasteiger partial charge is 0.469 e. The van der Waals surface area contributed by atoms with Crippen molar-refractivity contribution in [3.63, 3.8) is 0 Å². The van der Waals surface area contributed by atoms with Gasteiger partial charge in [0.05, 0.1) is 13.0 Å². The molecule has 1 aliphatic rings. The molecule has 2 N–H and O–H groups in total. The van der Waals surface area contributed by atoms with Gasteiger partial charge in [0, 0.05) is 13.0 Å². The molecular weight excluding hydrogens is 400 g/mol. The van der Waals surface area contributed by atoms with E-state index in [0.717, 1.165) is 36.9 Å². The number of esters is 1. The molecule has 0 spiro atoms. The Bertz CT molecular complexity index is 836. The average molecular weight is 433 g/mol. The van der Waals surface area contributed by atoms with Crippen LogP contribution in [-0.4, -0.2) is 38.6 Å². The van der Waals surface area contributed by atoms with Crippen molar-refractivity contribution in [2.45, 2.75) is 32.6 Å². The van der Waals surface area contributed by atoms with E-state index in [2.05, 4.69) is 41.8 Å². The molecule has 2 aromatic rings. The molecule has 1 aliphatic heterocycles. The Labute approximate surface area is 185 Å². The van der Waals surface area contributed by atoms with Crippen LogP contribution in [0, 0.1) is 17.8 Å². The van der Waals surface area contributed by atoms with Gasteiger partial charge in [0.2, 0.25) is 5.91 Å². The summed E-state index contributed by atoms with van der Waals surface area (Å²) < 4.78 is 4.98. The monoisotopic (exact) mass is 432 g/mol. The summed E-state index contributed by atoms with van der Waals surface area (Å²) >= 11 is 0. The van der Waals surface area contributed by atoms with Gasteiger partial charge in [0.1, 0.15) is 0 Å². The number of methoxy groups -OCH3 is 1. The number of carbonyl (C=O) groups excluding carboxylic acids is 2. The second-order valence-corrected chi connectivity index (χ2v) is 8.18. The highest BCUT2D eigenvalue weighted by atomic mass is 35.5. The van der Waals surface area contributed by atoms with Crippen molar-refractivity contribution in [2.75, 3.05) is 26.7 Å². The van der Waals surface area contributed by atoms with Crippen LogP contribution in [0.3, 0.4) is 0 Å². The van der Waals surface area contributed by atoms with Gasteiger partial charge in [-0.15, -0.1) is 12.4 Å². The summed E-state index contributed by atoms with van der Waals surface area (Å²) in [7, 11) is 1.40. The van der Waals surface area contributed by atoms with E-state index in [1.807, 2.05) is 18.2 Å². The number of rotatable bonds is 8. The van der Waals surface area contributed by atoms with E-state index in [0.29, 0.717) is 31.2 Å². The van der Waals surface area contributed by atoms with Gasteiger partial charge < -0.3 is 15.4 Å². The molecular formula is C24H33ClN2O3. The fourth-order valence-corrected chi connectivity index (χ4v) is 4.24. The first-order chi connectivity index (χ1) is 14.1. The third-order valence-electron chi connectivity index (χ3n) is 6.07. The normalized spacial score (nSPS) is 16.3. The zero-order valence-electron chi connectivity index (χ0n) is 17.9. The fourth-order valence-electron chi connectivity index (χ4n) is 4.24. The summed E-state index contributed by atoms with van der Waals surface area (Å²) in [6.45, 7) is 4.53. The Hall–Kier alpha value is -2.11. The standard InChI is InChI=1S/C24H32N2O3.ClH/c1-17(19-9-11-25-12-10-19)13-23(27)26-16-22(24(28)29-2)15-18-7-8-20-5-3-4-6-21(20)14-18;/h3-8,14,17,19,22,25H,9-13,15-16H2,1-2H3,(H,26,27);1H. The Morgan fingerprint density at radius 1 is 1.13 bits per heavy atom. The summed E-state index contributed by atoms with van der Waals surface area (Å²) in [5, 5.41) is 8.65. The maximum atomic E-state index is 12.5. The van der Waals surface area contributed by atoms with Gasteiger partial charge in [-0.05, 0) is 60.5 Å². The third kappa shape index (κ3) is 6.71. The zero-order valence-corrected chi connectivity index (χ0v) is 18.7. The summed E-state index contributed by atoms with van der Waals surface area (Å²) in [5.74, 6) is 0.290. The van der Waals surface area contributed by atoms with E-state index in [4.69, 9.17) is 4.74 Å². The maximum absolute atomic E-state index is 12.5. The molecule has 1 heterocycles. The molecule has 2 aromatic carbocycles. The van der Waals surface area contributed by atoms with Crippen LogP contribution in [-0.2, 0) is 20.7 Å². The van der Waals surface area contributed by atoms with E-state index in [1.165, 1.54) is 12.5 Å². The first kappa shape index (κ1) is 24.2. The highest BCUT2D eigenvalue weighted by Crippen LogP contribution is 2.24. The van der Waals surface area contributed by atoms with Crippen molar-refractivity contribution in [1.82, 2.24) is 10.6 Å². The van der Waals surface area contributed by atoms with E-state index in [-0.39, 0.29) is 30.2 Å². The number of benzene rings is 2. The molecule has 6 heteroatoms. The van der Waals surface area contributed by atoms with E-state index >= 15 is 0 Å². The van der Waals surface area contributed by atoms with E-state index < -0.39 is 0 Å². The number of amides is 1. The van der Waals surface area contributed by atoms with Gasteiger partial charge in [-0.25, -0.2) is 0 Å². The Kier molecular flexibility index (Phi) is 9.60. The minimum absolute atomic E-state index is 0. The number of hydrogen-bond donors (Lipinski definition) is 2. The summed E-state index contributed by atoms with van der Waals surface area (Å²) in [6, 6.07) is 14.4. The van der Waals surface area contributed by atoms with Crippen LogP contribution in [0.2, 0.25) is 0 Å². The first-order valence-electron chi connectivity index (χ1n) is 10.6. The highest BCUT2D eigenvalue weighted by molar-refractivity contribution is 5.85. The number of fused-ring (bicyclic) bond motifs is 1. The van der Waals surface area contributed by atoms with Gasteiger partial charge in [0.15, 0.2) is 0 Å². The number of nitrogens with one attached hydrogen (secondary N) is 2. The third-order valence-corrected chi connectivity index (χ3v) is 6.07. The first-order valence-corrected chi connectivity index (χ1v) is 10.6. The van der Waals surface area contributed by atoms with Crippen molar-refractivity contribution in [3.8, 4) is 0 Å². The molecule has 0 saturated carbocycles. The van der Waals surface area contributed by atoms with Crippen LogP contribution in [0.4, 0.5) is 0 Å². The topological polar surface area (TPSA) is 67.4 Å². The highest BCUT2D eigenvalue weighted by Gasteiger charge is 2.24. The Morgan fingerprint density at radius 3 is 2.53 bits per heavy atom. The predicted molar refractivity (Wildman–Crippen MR) is 123 cm³/mol. The molecule has 0 aliphatic carbocycles. The van der Waals surface area contributed by atoms with Crippen LogP contribution >= 0.6 is 12.4 Å². The Morgan fingerprint density at radius 2 is 1.83 bits per heavy atom. The van der Waals surface area contributed by atoms with Crippen molar-refractivity contribution in [1.29, 1.82) is 0 Å². The molecule has 1 fully saturated rings. The second-order valence-electron chi connectivity index (χ2n) is 8.18. The number of carbonyl (C=O) groups is 2. The molecule has 164 valence electrons. The van der Waals surface area contributed by atoms with Crippen LogP contribution in [0.25, 0.3) is 10.8 Å². The van der Waals surface area contributed by atoms with Crippen molar-refractivity contribution < 1.29 is 14.3 Å². The van der Waals surface area contributed by atoms with Gasteiger partial charge in [-0.2, -0.15) is 0 Å². The molecule has 0 radical (unpaired) electrons. The van der Waals surface area contributed by atoms with E-state index in [9.17, 15) is 9.59 Å². The molecule has 2 unspecified atom stereocenters. The zero-order chi connectivity index (χ0) is 20.6. The molecule has 30 heavy (non-hydrogen) atoms. The van der Waals surface area contributed by atoms with Crippen molar-refractivity contribution in [2.24, 2.45) is 17.8 Å². The number of halogens is 1. The average Bonchev–Trinajstić information content (AvgIpc) is 2.76. The molecule has 3 rings (SSSR count). The smallest absolute Gasteiger partial charge is 0.310 e. The van der Waals surface area contributed by atoms with Crippen LogP contribution in [0.1, 0.15) is 31.7 Å². The lowest BCUT2D eigenvalue weighted by Gasteiger charge is -2.28. The van der Waals surface area contributed by atoms with Gasteiger partial charge in [-0.1, -0.05) is 49.4 Å². The number of piperidine rings is 1. The lowest BCUT2D eigenvalue weighted by molar-refractivity contribution is -0.145. The van der Waals surface area contributed by atoms with Crippen molar-refractivity contribution in [3.05, 3.63) is 48.0 Å². The molecule has 0 aromatic heterocycles. The summed E-state index contributed by atoms with van der Waals surface area (Å²) in [5.41, 5.74) is 1.07. The Balaban J connectivity index is 0.00000320. The molecule has 5 nitrogen and oxygen atoms in total. The maximum Gasteiger partial charge on any atom is 0.310 e. The minimum Gasteiger partial charge on any atom is -0.469 e. The lowest BCUT2D eigenvalue weighted by atomic mass is 9.84. The van der Waals surface area contributed by atoms with Gasteiger partial charge in [-0.3, -0.25) is 9.59 Å². The molecule has 1 amide bonds. The molecule has 0 bridgehead atoms. The number of ether oxygens (including phenoxy) is 1. The number of hydrogen-bond acceptors (Lipinski definition) is 4. The SMILES string of the molecule is COC(=O)C(CNC(=O)CC(C)C1CCNCC1)Cc1ccc2ccccc2c1.Cl. The fraction of sp³-hybridized carbons (Fsp3) is 0.500. The second kappa shape index (κ2) is 11.9. The predicted octanol–water partition coefficient (Wildman–Crippen LogP) is 3.74. The minimum atomic E-state index is -0.390. The van der Waals surface area contributed by atoms with Crippen LogP contribution in [0.5, 0.6) is 0 Å². The summed E-state index contributed by atoms with van der Waals surface area (Å²) in [6.07, 6.45) is 3.30. The molecule has 2 atom stereocenters. The summed E-state index contributed by atoms with van der Waals surface area (Å²) in [4.78, 5) is 24.7.